The molecule has 0 aliphatic rings. The summed E-state index contributed by atoms with van der Waals surface area (Å²) >= 11 is 1.04. The molecule has 1 aromatic rings. The lowest BCUT2D eigenvalue weighted by Gasteiger charge is -2.04. The molecule has 0 amide bonds. The lowest BCUT2D eigenvalue weighted by atomic mass is 10.3. The van der Waals surface area contributed by atoms with Gasteiger partial charge in [0.05, 0.1) is 0 Å². The van der Waals surface area contributed by atoms with Crippen LogP contribution in [0, 0.1) is 0 Å². The Morgan fingerprint density at radius 3 is 2.73 bits per heavy atom. The number of sulfone groups is 1. The average Bonchev–Trinajstić information content (AvgIpc) is 2.42. The molecule has 7 heteroatoms. The third kappa shape index (κ3) is 2.93. The molecular formula is C8H13N3O2S2. The number of rotatable bonds is 4. The quantitative estimate of drug-likeness (QED) is 0.779. The van der Waals surface area contributed by atoms with Crippen molar-refractivity contribution in [2.24, 2.45) is 0 Å². The summed E-state index contributed by atoms with van der Waals surface area (Å²) in [6, 6.07) is 0. The number of nitrogens with one attached hydrogen (secondary N) is 1. The van der Waals surface area contributed by atoms with Crippen molar-refractivity contribution in [1.82, 2.24) is 4.37 Å². The predicted octanol–water partition coefficient (Wildman–Crippen LogP) is 1.12. The van der Waals surface area contributed by atoms with Gasteiger partial charge in [-0.05, 0) is 18.5 Å². The lowest BCUT2D eigenvalue weighted by molar-refractivity contribution is 0.602. The molecule has 0 atom stereocenters. The molecule has 5 nitrogen and oxygen atoms in total. The Kier molecular flexibility index (Phi) is 3.35. The minimum Gasteiger partial charge on any atom is -0.382 e. The van der Waals surface area contributed by atoms with Gasteiger partial charge in [0.1, 0.15) is 9.90 Å². The Labute approximate surface area is 93.1 Å². The van der Waals surface area contributed by atoms with Crippen molar-refractivity contribution in [1.29, 1.82) is 0 Å². The Bertz CT molecular complexity index is 476. The first kappa shape index (κ1) is 12.0. The molecular weight excluding hydrogens is 234 g/mol. The van der Waals surface area contributed by atoms with E-state index in [2.05, 4.69) is 16.3 Å². The van der Waals surface area contributed by atoms with E-state index in [-0.39, 0.29) is 10.7 Å². The molecule has 0 radical (unpaired) electrons. The predicted molar refractivity (Wildman–Crippen MR) is 62.9 cm³/mol. The number of nitrogen functional groups attached to an aromatic ring is 1. The summed E-state index contributed by atoms with van der Waals surface area (Å²) in [6.45, 7) is 6.06. The van der Waals surface area contributed by atoms with Crippen molar-refractivity contribution >= 4 is 32.2 Å². The van der Waals surface area contributed by atoms with E-state index >= 15 is 0 Å². The Morgan fingerprint density at radius 2 is 2.27 bits per heavy atom. The van der Waals surface area contributed by atoms with Crippen molar-refractivity contribution in [3.05, 3.63) is 12.2 Å². The lowest BCUT2D eigenvalue weighted by Crippen LogP contribution is -2.07. The fourth-order valence-electron chi connectivity index (χ4n) is 0.996. The Hall–Kier alpha value is -1.08. The van der Waals surface area contributed by atoms with E-state index in [1.807, 2.05) is 6.92 Å². The second-order valence-corrected chi connectivity index (χ2v) is 6.03. The Morgan fingerprint density at radius 1 is 1.67 bits per heavy atom. The second-order valence-electron chi connectivity index (χ2n) is 3.31. The molecule has 0 aliphatic heterocycles. The third-order valence-electron chi connectivity index (χ3n) is 1.60. The van der Waals surface area contributed by atoms with Crippen LogP contribution in [0.1, 0.15) is 6.92 Å². The maximum absolute atomic E-state index is 11.4. The van der Waals surface area contributed by atoms with Crippen LogP contribution < -0.4 is 11.1 Å². The van der Waals surface area contributed by atoms with Gasteiger partial charge in [-0.15, -0.1) is 0 Å². The number of nitrogens with two attached hydrogens (primary N) is 1. The number of nitrogens with zero attached hydrogens (tertiary/aromatic N) is 1. The monoisotopic (exact) mass is 247 g/mol. The van der Waals surface area contributed by atoms with Crippen molar-refractivity contribution < 1.29 is 8.42 Å². The van der Waals surface area contributed by atoms with Gasteiger partial charge in [0.2, 0.25) is 0 Å². The van der Waals surface area contributed by atoms with E-state index in [0.29, 0.717) is 11.5 Å². The number of hydrogen-bond acceptors (Lipinski definition) is 6. The molecule has 1 heterocycles. The van der Waals surface area contributed by atoms with Crippen LogP contribution in [0.5, 0.6) is 0 Å². The zero-order chi connectivity index (χ0) is 11.6. The van der Waals surface area contributed by atoms with Gasteiger partial charge in [0, 0.05) is 12.8 Å². The standard InChI is InChI=1S/C8H13N3O2S2/c1-5(2)4-10-8-6(15(3,12)13)7(9)11-14-8/h10H,1,4H2,2-3H3,(H2,9,11). The third-order valence-corrected chi connectivity index (χ3v) is 3.70. The summed E-state index contributed by atoms with van der Waals surface area (Å²) in [5, 5.41) is 3.41. The molecule has 0 saturated carbocycles. The highest BCUT2D eigenvalue weighted by atomic mass is 32.2. The van der Waals surface area contributed by atoms with Crippen LogP contribution in [0.2, 0.25) is 0 Å². The van der Waals surface area contributed by atoms with E-state index < -0.39 is 9.84 Å². The smallest absolute Gasteiger partial charge is 0.182 e. The first-order valence-corrected chi connectivity index (χ1v) is 6.82. The van der Waals surface area contributed by atoms with Crippen LogP contribution >= 0.6 is 11.5 Å². The maximum Gasteiger partial charge on any atom is 0.182 e. The van der Waals surface area contributed by atoms with Crippen molar-refractivity contribution in [2.45, 2.75) is 11.8 Å². The summed E-state index contributed by atoms with van der Waals surface area (Å²) in [7, 11) is -3.34. The van der Waals surface area contributed by atoms with Crippen molar-refractivity contribution in [3.8, 4) is 0 Å². The van der Waals surface area contributed by atoms with Crippen LogP contribution in [-0.2, 0) is 9.84 Å². The molecule has 0 saturated heterocycles. The summed E-state index contributed by atoms with van der Waals surface area (Å²) in [4.78, 5) is 0.0775. The highest BCUT2D eigenvalue weighted by molar-refractivity contribution is 7.91. The van der Waals surface area contributed by atoms with Gasteiger partial charge in [0.25, 0.3) is 0 Å². The first-order valence-electron chi connectivity index (χ1n) is 4.16. The van der Waals surface area contributed by atoms with Gasteiger partial charge < -0.3 is 11.1 Å². The molecule has 0 fully saturated rings. The first-order chi connectivity index (χ1) is 6.82. The van der Waals surface area contributed by atoms with Crippen molar-refractivity contribution in [2.75, 3.05) is 23.9 Å². The molecule has 1 rings (SSSR count). The number of hydrogen-bond donors (Lipinski definition) is 2. The largest absolute Gasteiger partial charge is 0.382 e. The minimum atomic E-state index is -3.34. The highest BCUT2D eigenvalue weighted by Gasteiger charge is 2.20. The summed E-state index contributed by atoms with van der Waals surface area (Å²) in [5.41, 5.74) is 6.40. The van der Waals surface area contributed by atoms with E-state index in [4.69, 9.17) is 5.73 Å². The zero-order valence-corrected chi connectivity index (χ0v) is 10.2. The van der Waals surface area contributed by atoms with Gasteiger partial charge in [-0.3, -0.25) is 0 Å². The molecule has 84 valence electrons. The van der Waals surface area contributed by atoms with E-state index in [1.165, 1.54) is 0 Å². The molecule has 3 N–H and O–H groups in total. The van der Waals surface area contributed by atoms with Gasteiger partial charge in [-0.2, -0.15) is 4.37 Å². The van der Waals surface area contributed by atoms with Crippen LogP contribution in [0.25, 0.3) is 0 Å². The molecule has 0 spiro atoms. The van der Waals surface area contributed by atoms with E-state index in [1.54, 1.807) is 0 Å². The van der Waals surface area contributed by atoms with Crippen molar-refractivity contribution in [3.63, 3.8) is 0 Å². The second kappa shape index (κ2) is 4.19. The van der Waals surface area contributed by atoms with Crippen LogP contribution in [0.15, 0.2) is 17.0 Å². The summed E-state index contributed by atoms with van der Waals surface area (Å²) < 4.78 is 26.6. The molecule has 15 heavy (non-hydrogen) atoms. The normalized spacial score (nSPS) is 11.3. The summed E-state index contributed by atoms with van der Waals surface area (Å²) in [5.74, 6) is 0.0479. The summed E-state index contributed by atoms with van der Waals surface area (Å²) in [6.07, 6.45) is 1.11. The van der Waals surface area contributed by atoms with Crippen LogP contribution in [0.4, 0.5) is 10.8 Å². The van der Waals surface area contributed by atoms with Crippen LogP contribution in [0.3, 0.4) is 0 Å². The Balaban J connectivity index is 3.05. The van der Waals surface area contributed by atoms with Crippen LogP contribution in [-0.4, -0.2) is 25.6 Å². The molecule has 1 aromatic heterocycles. The number of anilines is 2. The van der Waals surface area contributed by atoms with Gasteiger partial charge in [-0.1, -0.05) is 12.2 Å². The van der Waals surface area contributed by atoms with E-state index in [0.717, 1.165) is 23.4 Å². The highest BCUT2D eigenvalue weighted by Crippen LogP contribution is 2.31. The molecule has 0 bridgehead atoms. The maximum atomic E-state index is 11.4. The van der Waals surface area contributed by atoms with E-state index in [9.17, 15) is 8.42 Å². The SMILES string of the molecule is C=C(C)CNc1snc(N)c1S(C)(=O)=O. The topological polar surface area (TPSA) is 85.1 Å². The van der Waals surface area contributed by atoms with Gasteiger partial charge >= 0.3 is 0 Å². The fourth-order valence-corrected chi connectivity index (χ4v) is 3.06. The zero-order valence-electron chi connectivity index (χ0n) is 8.57. The average molecular weight is 247 g/mol. The molecule has 0 unspecified atom stereocenters. The molecule has 0 aliphatic carbocycles. The van der Waals surface area contributed by atoms with Gasteiger partial charge in [-0.25, -0.2) is 8.42 Å². The minimum absolute atomic E-state index is 0.0479. The fraction of sp³-hybridized carbons (Fsp3) is 0.375. The molecule has 0 aromatic carbocycles. The number of aromatic nitrogens is 1. The van der Waals surface area contributed by atoms with Gasteiger partial charge in [0.15, 0.2) is 15.7 Å².